The smallest absolute Gasteiger partial charge is 0.148 e. The summed E-state index contributed by atoms with van der Waals surface area (Å²) in [5.41, 5.74) is 8.08. The zero-order valence-corrected chi connectivity index (χ0v) is 22.9. The average molecular weight is 545 g/mol. The Hall–Kier alpha value is -5.00. The molecule has 1 aliphatic heterocycles. The SMILES string of the molecule is C1=CC2=NC(c3ccccc3)N(c3ccc(-n4c5ccccc5c5cnc6c7ccccc7sc6c54)cc3)C2C=C1. The Labute approximate surface area is 240 Å². The van der Waals surface area contributed by atoms with E-state index < -0.39 is 0 Å². The van der Waals surface area contributed by atoms with Gasteiger partial charge in [-0.25, -0.2) is 0 Å². The molecule has 0 saturated carbocycles. The Bertz CT molecular complexity index is 2220. The van der Waals surface area contributed by atoms with Crippen LogP contribution in [0.25, 0.3) is 47.8 Å². The normalized spacial score (nSPS) is 18.1. The van der Waals surface area contributed by atoms with Crippen LogP contribution in [-0.4, -0.2) is 21.3 Å². The van der Waals surface area contributed by atoms with Crippen LogP contribution in [-0.2, 0) is 0 Å². The summed E-state index contributed by atoms with van der Waals surface area (Å²) in [5, 5.41) is 3.62. The molecular formula is C36H24N4S. The molecule has 0 spiro atoms. The first kappa shape index (κ1) is 22.8. The molecule has 5 heteroatoms. The molecule has 194 valence electrons. The second-order valence-corrected chi connectivity index (χ2v) is 11.7. The zero-order chi connectivity index (χ0) is 26.9. The molecule has 4 aromatic carbocycles. The number of pyridine rings is 1. The molecule has 1 aliphatic carbocycles. The summed E-state index contributed by atoms with van der Waals surface area (Å²) in [4.78, 5) is 12.5. The molecule has 2 aliphatic rings. The van der Waals surface area contributed by atoms with E-state index in [1.807, 2.05) is 11.3 Å². The van der Waals surface area contributed by atoms with Gasteiger partial charge in [0.1, 0.15) is 6.17 Å². The van der Waals surface area contributed by atoms with Crippen LogP contribution in [0.3, 0.4) is 0 Å². The van der Waals surface area contributed by atoms with Crippen LogP contribution in [0.15, 0.2) is 139 Å². The van der Waals surface area contributed by atoms with E-state index in [0.29, 0.717) is 0 Å². The van der Waals surface area contributed by atoms with Gasteiger partial charge in [0.05, 0.1) is 33.0 Å². The van der Waals surface area contributed by atoms with Crippen LogP contribution in [0.4, 0.5) is 5.69 Å². The number of nitrogens with zero attached hydrogens (tertiary/aromatic N) is 4. The van der Waals surface area contributed by atoms with Gasteiger partial charge in [-0.2, -0.15) is 0 Å². The van der Waals surface area contributed by atoms with Gasteiger partial charge in [0.25, 0.3) is 0 Å². The predicted molar refractivity (Wildman–Crippen MR) is 173 cm³/mol. The first-order chi connectivity index (χ1) is 20.3. The standard InChI is InChI=1S/C36H24N4S/c1-2-10-23(11-3-1)36-38-29-14-6-8-16-31(29)40(36)25-20-18-24(19-21-25)39-30-15-7-4-12-26(30)28-22-37-33-27-13-5-9-17-32(27)41-35(33)34(28)39/h1-22,31,36H. The summed E-state index contributed by atoms with van der Waals surface area (Å²) < 4.78 is 4.91. The van der Waals surface area contributed by atoms with E-state index in [1.165, 1.54) is 42.2 Å². The minimum absolute atomic E-state index is 0.0630. The van der Waals surface area contributed by atoms with Gasteiger partial charge in [-0.15, -0.1) is 11.3 Å². The van der Waals surface area contributed by atoms with Crippen LogP contribution in [0, 0.1) is 0 Å². The van der Waals surface area contributed by atoms with Gasteiger partial charge in [0, 0.05) is 38.4 Å². The maximum Gasteiger partial charge on any atom is 0.148 e. The molecule has 0 bridgehead atoms. The van der Waals surface area contributed by atoms with Gasteiger partial charge >= 0.3 is 0 Å². The number of anilines is 1. The Morgan fingerprint density at radius 2 is 1.44 bits per heavy atom. The first-order valence-electron chi connectivity index (χ1n) is 13.9. The van der Waals surface area contributed by atoms with Crippen molar-refractivity contribution in [3.05, 3.63) is 139 Å². The van der Waals surface area contributed by atoms with Crippen molar-refractivity contribution in [3.8, 4) is 5.69 Å². The molecule has 3 aromatic heterocycles. The summed E-state index contributed by atoms with van der Waals surface area (Å²) >= 11 is 1.83. The molecule has 2 unspecified atom stereocenters. The monoisotopic (exact) mass is 544 g/mol. The number of allylic oxidation sites excluding steroid dienone is 2. The van der Waals surface area contributed by atoms with Gasteiger partial charge in [0.2, 0.25) is 0 Å². The molecular weight excluding hydrogens is 520 g/mol. The fraction of sp³-hybridized carbons (Fsp3) is 0.0556. The van der Waals surface area contributed by atoms with E-state index in [2.05, 4.69) is 143 Å². The Morgan fingerprint density at radius 3 is 2.32 bits per heavy atom. The van der Waals surface area contributed by atoms with Crippen LogP contribution >= 0.6 is 11.3 Å². The summed E-state index contributed by atoms with van der Waals surface area (Å²) in [6, 6.07) is 37.0. The predicted octanol–water partition coefficient (Wildman–Crippen LogP) is 9.00. The van der Waals surface area contributed by atoms with Crippen LogP contribution in [0.1, 0.15) is 11.7 Å². The highest BCUT2D eigenvalue weighted by atomic mass is 32.1. The molecule has 7 aromatic rings. The maximum absolute atomic E-state index is 5.14. The van der Waals surface area contributed by atoms with Crippen molar-refractivity contribution in [2.24, 2.45) is 4.99 Å². The number of thiophene rings is 1. The third-order valence-corrected chi connectivity index (χ3v) is 9.50. The van der Waals surface area contributed by atoms with E-state index in [9.17, 15) is 0 Å². The summed E-state index contributed by atoms with van der Waals surface area (Å²) in [7, 11) is 0. The van der Waals surface area contributed by atoms with Crippen molar-refractivity contribution in [1.82, 2.24) is 9.55 Å². The van der Waals surface area contributed by atoms with Crippen LogP contribution in [0.5, 0.6) is 0 Å². The summed E-state index contributed by atoms with van der Waals surface area (Å²) in [6.45, 7) is 0. The van der Waals surface area contributed by atoms with Gasteiger partial charge in [0.15, 0.2) is 0 Å². The molecule has 0 N–H and O–H groups in total. The highest BCUT2D eigenvalue weighted by molar-refractivity contribution is 7.26. The fourth-order valence-electron chi connectivity index (χ4n) is 6.50. The lowest BCUT2D eigenvalue weighted by atomic mass is 10.0. The minimum atomic E-state index is -0.0630. The molecule has 0 amide bonds. The largest absolute Gasteiger partial charge is 0.334 e. The minimum Gasteiger partial charge on any atom is -0.334 e. The zero-order valence-electron chi connectivity index (χ0n) is 22.1. The molecule has 41 heavy (non-hydrogen) atoms. The van der Waals surface area contributed by atoms with Crippen molar-refractivity contribution < 1.29 is 0 Å². The van der Waals surface area contributed by atoms with Gasteiger partial charge in [-0.1, -0.05) is 85.0 Å². The second kappa shape index (κ2) is 8.75. The first-order valence-corrected chi connectivity index (χ1v) is 14.7. The van der Waals surface area contributed by atoms with Gasteiger partial charge < -0.3 is 9.47 Å². The average Bonchev–Trinajstić information content (AvgIpc) is 3.71. The Morgan fingerprint density at radius 1 is 0.683 bits per heavy atom. The van der Waals surface area contributed by atoms with Crippen molar-refractivity contribution in [2.45, 2.75) is 12.2 Å². The number of aromatic nitrogens is 2. The van der Waals surface area contributed by atoms with Crippen LogP contribution < -0.4 is 4.90 Å². The Kier molecular flexibility index (Phi) is 4.86. The van der Waals surface area contributed by atoms with Crippen molar-refractivity contribution in [1.29, 1.82) is 0 Å². The molecule has 0 saturated heterocycles. The number of hydrogen-bond donors (Lipinski definition) is 0. The Balaban J connectivity index is 1.23. The number of hydrogen-bond acceptors (Lipinski definition) is 4. The molecule has 4 heterocycles. The van der Waals surface area contributed by atoms with E-state index in [-0.39, 0.29) is 12.2 Å². The highest BCUT2D eigenvalue weighted by Gasteiger charge is 2.35. The maximum atomic E-state index is 5.14. The number of benzene rings is 4. The lowest BCUT2D eigenvalue weighted by Gasteiger charge is -2.31. The van der Waals surface area contributed by atoms with Crippen molar-refractivity contribution in [2.75, 3.05) is 4.90 Å². The molecule has 9 rings (SSSR count). The molecule has 0 fully saturated rings. The second-order valence-electron chi connectivity index (χ2n) is 10.6. The lowest BCUT2D eigenvalue weighted by Crippen LogP contribution is -2.35. The summed E-state index contributed by atoms with van der Waals surface area (Å²) in [6.07, 6.45) is 10.6. The lowest BCUT2D eigenvalue weighted by molar-refractivity contribution is 0.696. The highest BCUT2D eigenvalue weighted by Crippen LogP contribution is 2.42. The molecule has 0 radical (unpaired) electrons. The van der Waals surface area contributed by atoms with E-state index >= 15 is 0 Å². The number of fused-ring (bicyclic) bond motifs is 8. The number of aliphatic imine (C=N–C) groups is 1. The fourth-order valence-corrected chi connectivity index (χ4v) is 7.70. The topological polar surface area (TPSA) is 33.4 Å². The van der Waals surface area contributed by atoms with Crippen molar-refractivity contribution in [3.63, 3.8) is 0 Å². The quantitative estimate of drug-likeness (QED) is 0.222. The number of para-hydroxylation sites is 1. The molecule has 4 nitrogen and oxygen atoms in total. The van der Waals surface area contributed by atoms with Gasteiger partial charge in [-0.3, -0.25) is 9.98 Å². The molecule has 2 atom stereocenters. The van der Waals surface area contributed by atoms with Crippen molar-refractivity contribution >= 4 is 64.8 Å². The van der Waals surface area contributed by atoms with Crippen LogP contribution in [0.2, 0.25) is 0 Å². The summed E-state index contributed by atoms with van der Waals surface area (Å²) in [5.74, 6) is 0. The van der Waals surface area contributed by atoms with E-state index in [0.717, 1.165) is 22.6 Å². The van der Waals surface area contributed by atoms with E-state index in [1.54, 1.807) is 0 Å². The third-order valence-electron chi connectivity index (χ3n) is 8.33. The third kappa shape index (κ3) is 3.33. The van der Waals surface area contributed by atoms with Gasteiger partial charge in [-0.05, 0) is 48.0 Å². The van der Waals surface area contributed by atoms with E-state index in [4.69, 9.17) is 9.98 Å². The number of rotatable bonds is 3.